The maximum Gasteiger partial charge on any atom is 0.261 e. The molecule has 0 bridgehead atoms. The van der Waals surface area contributed by atoms with Crippen molar-refractivity contribution in [2.75, 3.05) is 12.4 Å². The molecule has 17 heavy (non-hydrogen) atoms. The summed E-state index contributed by atoms with van der Waals surface area (Å²) >= 11 is 10.7. The van der Waals surface area contributed by atoms with E-state index in [0.29, 0.717) is 11.3 Å². The molecule has 2 rings (SSSR count). The number of aryl methyl sites for hydroxylation is 1. The first kappa shape index (κ1) is 13.4. The van der Waals surface area contributed by atoms with Crippen molar-refractivity contribution < 1.29 is 4.79 Å². The van der Waals surface area contributed by atoms with Crippen molar-refractivity contribution in [1.29, 1.82) is 0 Å². The number of alkyl halides is 1. The summed E-state index contributed by atoms with van der Waals surface area (Å²) in [5, 5.41) is 3.02. The van der Waals surface area contributed by atoms with E-state index < -0.39 is 0 Å². The van der Waals surface area contributed by atoms with E-state index in [1.807, 2.05) is 13.0 Å². The number of nitrogens with one attached hydrogen (secondary N) is 1. The molecule has 1 fully saturated rings. The highest BCUT2D eigenvalue weighted by Gasteiger charge is 2.41. The lowest BCUT2D eigenvalue weighted by Crippen LogP contribution is -2.29. The molecule has 1 aromatic heterocycles. The smallest absolute Gasteiger partial charge is 0.261 e. The maximum atomic E-state index is 11.9. The first-order valence-corrected chi connectivity index (χ1v) is 7.81. The van der Waals surface area contributed by atoms with Gasteiger partial charge in [-0.2, -0.15) is 0 Å². The Morgan fingerprint density at radius 1 is 1.65 bits per heavy atom. The summed E-state index contributed by atoms with van der Waals surface area (Å²) in [6, 6.07) is 1.92. The van der Waals surface area contributed by atoms with Gasteiger partial charge in [0.05, 0.1) is 8.66 Å². The molecule has 0 saturated heterocycles. The molecular formula is C12H15BrClNOS. The average molecular weight is 337 g/mol. The van der Waals surface area contributed by atoms with Crippen LogP contribution < -0.4 is 5.32 Å². The third-order valence-electron chi connectivity index (χ3n) is 3.29. The van der Waals surface area contributed by atoms with Gasteiger partial charge in [0.15, 0.2) is 0 Å². The lowest BCUT2D eigenvalue weighted by molar-refractivity contribution is 0.0948. The fraction of sp³-hybridized carbons (Fsp3) is 0.583. The van der Waals surface area contributed by atoms with Gasteiger partial charge in [-0.05, 0) is 59.2 Å². The van der Waals surface area contributed by atoms with E-state index in [9.17, 15) is 4.79 Å². The number of carbonyl (C=O) groups excluding carboxylic acids is 1. The second kappa shape index (κ2) is 5.29. The Kier molecular flexibility index (Phi) is 4.16. The van der Waals surface area contributed by atoms with Crippen LogP contribution in [0.1, 0.15) is 34.5 Å². The van der Waals surface area contributed by atoms with Gasteiger partial charge in [-0.3, -0.25) is 4.79 Å². The van der Waals surface area contributed by atoms with E-state index in [-0.39, 0.29) is 5.91 Å². The molecular weight excluding hydrogens is 322 g/mol. The zero-order valence-corrected chi connectivity index (χ0v) is 12.8. The minimum Gasteiger partial charge on any atom is -0.351 e. The lowest BCUT2D eigenvalue weighted by atomic mass is 10.0. The van der Waals surface area contributed by atoms with Crippen molar-refractivity contribution in [1.82, 2.24) is 5.32 Å². The van der Waals surface area contributed by atoms with Crippen LogP contribution in [0, 0.1) is 12.3 Å². The van der Waals surface area contributed by atoms with Gasteiger partial charge in [0.25, 0.3) is 5.91 Å². The third kappa shape index (κ3) is 3.24. The van der Waals surface area contributed by atoms with Crippen molar-refractivity contribution in [3.05, 3.63) is 20.3 Å². The zero-order valence-electron chi connectivity index (χ0n) is 9.69. The molecule has 0 radical (unpaired) electrons. The Morgan fingerprint density at radius 3 is 2.82 bits per heavy atom. The molecule has 0 unspecified atom stereocenters. The molecule has 1 aliphatic carbocycles. The van der Waals surface area contributed by atoms with Crippen LogP contribution in [0.5, 0.6) is 0 Å². The van der Waals surface area contributed by atoms with E-state index in [2.05, 4.69) is 21.2 Å². The monoisotopic (exact) mass is 335 g/mol. The summed E-state index contributed by atoms with van der Waals surface area (Å²) in [5.74, 6) is 0.712. The molecule has 0 aromatic carbocycles. The van der Waals surface area contributed by atoms with Gasteiger partial charge in [-0.1, -0.05) is 0 Å². The lowest BCUT2D eigenvalue weighted by Gasteiger charge is -2.13. The molecule has 1 aromatic rings. The molecule has 5 heteroatoms. The van der Waals surface area contributed by atoms with Crippen molar-refractivity contribution >= 4 is 44.8 Å². The quantitative estimate of drug-likeness (QED) is 0.810. The van der Waals surface area contributed by atoms with E-state index in [1.54, 1.807) is 0 Å². The summed E-state index contributed by atoms with van der Waals surface area (Å²) in [5.41, 5.74) is 1.41. The Labute approximate surface area is 119 Å². The van der Waals surface area contributed by atoms with Gasteiger partial charge in [-0.25, -0.2) is 0 Å². The zero-order chi connectivity index (χ0) is 12.5. The Balaban J connectivity index is 1.89. The molecule has 2 nitrogen and oxygen atoms in total. The summed E-state index contributed by atoms with van der Waals surface area (Å²) in [6.07, 6.45) is 3.38. The molecule has 0 spiro atoms. The average Bonchev–Trinajstić information content (AvgIpc) is 2.97. The first-order chi connectivity index (χ1) is 8.06. The predicted octanol–water partition coefficient (Wildman–Crippen LogP) is 3.96. The minimum absolute atomic E-state index is 0.0321. The molecule has 0 aliphatic heterocycles. The summed E-state index contributed by atoms with van der Waals surface area (Å²) in [6.45, 7) is 2.75. The van der Waals surface area contributed by atoms with Gasteiger partial charge in [0.1, 0.15) is 0 Å². The fourth-order valence-corrected chi connectivity index (χ4v) is 3.67. The first-order valence-electron chi connectivity index (χ1n) is 5.66. The molecule has 1 heterocycles. The number of thiophene rings is 1. The standard InChI is InChI=1S/C12H15BrClNOS/c1-8-6-9(17-10(8)13)11(16)15-7-12(2-3-12)4-5-14/h6H,2-5,7H2,1H3,(H,15,16). The van der Waals surface area contributed by atoms with Gasteiger partial charge < -0.3 is 5.32 Å². The van der Waals surface area contributed by atoms with Crippen molar-refractivity contribution in [2.45, 2.75) is 26.2 Å². The number of halogens is 2. The number of hydrogen-bond donors (Lipinski definition) is 1. The number of rotatable bonds is 5. The van der Waals surface area contributed by atoms with Gasteiger partial charge in [0.2, 0.25) is 0 Å². The molecule has 1 amide bonds. The largest absolute Gasteiger partial charge is 0.351 e. The normalized spacial score (nSPS) is 16.9. The molecule has 1 saturated carbocycles. The van der Waals surface area contributed by atoms with E-state index in [0.717, 1.165) is 27.2 Å². The highest BCUT2D eigenvalue weighted by molar-refractivity contribution is 9.11. The van der Waals surface area contributed by atoms with Crippen LogP contribution in [0.25, 0.3) is 0 Å². The van der Waals surface area contributed by atoms with Crippen LogP contribution in [0.15, 0.2) is 9.85 Å². The Bertz CT molecular complexity index is 409. The third-order valence-corrected chi connectivity index (χ3v) is 5.61. The topological polar surface area (TPSA) is 29.1 Å². The van der Waals surface area contributed by atoms with Crippen molar-refractivity contribution in [3.63, 3.8) is 0 Å². The Hall–Kier alpha value is -0.0600. The highest BCUT2D eigenvalue weighted by Crippen LogP contribution is 2.48. The van der Waals surface area contributed by atoms with Crippen LogP contribution in [0.3, 0.4) is 0 Å². The van der Waals surface area contributed by atoms with Crippen molar-refractivity contribution in [3.8, 4) is 0 Å². The van der Waals surface area contributed by atoms with Crippen LogP contribution >= 0.6 is 38.9 Å². The minimum atomic E-state index is 0.0321. The van der Waals surface area contributed by atoms with Crippen LogP contribution in [-0.2, 0) is 0 Å². The number of hydrogen-bond acceptors (Lipinski definition) is 2. The van der Waals surface area contributed by atoms with Crippen LogP contribution in [0.2, 0.25) is 0 Å². The molecule has 0 atom stereocenters. The highest BCUT2D eigenvalue weighted by atomic mass is 79.9. The van der Waals surface area contributed by atoms with Gasteiger partial charge >= 0.3 is 0 Å². The van der Waals surface area contributed by atoms with Gasteiger partial charge in [-0.15, -0.1) is 22.9 Å². The van der Waals surface area contributed by atoms with E-state index in [1.165, 1.54) is 24.2 Å². The van der Waals surface area contributed by atoms with E-state index in [4.69, 9.17) is 11.6 Å². The number of amides is 1. The predicted molar refractivity (Wildman–Crippen MR) is 76.1 cm³/mol. The summed E-state index contributed by atoms with van der Waals surface area (Å²) in [4.78, 5) is 12.7. The van der Waals surface area contributed by atoms with Crippen molar-refractivity contribution in [2.24, 2.45) is 5.41 Å². The van der Waals surface area contributed by atoms with Crippen LogP contribution in [-0.4, -0.2) is 18.3 Å². The fourth-order valence-electron chi connectivity index (χ4n) is 1.82. The van der Waals surface area contributed by atoms with Crippen LogP contribution in [0.4, 0.5) is 0 Å². The molecule has 1 N–H and O–H groups in total. The SMILES string of the molecule is Cc1cc(C(=O)NCC2(CCCl)CC2)sc1Br. The second-order valence-corrected chi connectivity index (χ2v) is 7.44. The van der Waals surface area contributed by atoms with E-state index >= 15 is 0 Å². The second-order valence-electron chi connectivity index (χ2n) is 4.69. The summed E-state index contributed by atoms with van der Waals surface area (Å²) < 4.78 is 1.03. The number of carbonyl (C=O) groups is 1. The Morgan fingerprint density at radius 2 is 2.35 bits per heavy atom. The van der Waals surface area contributed by atoms with Gasteiger partial charge in [0, 0.05) is 12.4 Å². The maximum absolute atomic E-state index is 11.9. The summed E-state index contributed by atoms with van der Waals surface area (Å²) in [7, 11) is 0. The molecule has 1 aliphatic rings. The molecule has 94 valence electrons.